The average molecular weight is 220 g/mol. The summed E-state index contributed by atoms with van der Waals surface area (Å²) < 4.78 is 0. The summed E-state index contributed by atoms with van der Waals surface area (Å²) in [5, 5.41) is 11.6. The summed E-state index contributed by atoms with van der Waals surface area (Å²) >= 11 is 0. The summed E-state index contributed by atoms with van der Waals surface area (Å²) in [5.41, 5.74) is 2.10. The Hall–Kier alpha value is -1.19. The predicted octanol–water partition coefficient (Wildman–Crippen LogP) is 2.21. The van der Waals surface area contributed by atoms with Gasteiger partial charge in [-0.3, -0.25) is 0 Å². The molecule has 1 saturated carbocycles. The first-order valence-electron chi connectivity index (χ1n) is 6.29. The number of aromatic nitrogens is 3. The van der Waals surface area contributed by atoms with E-state index in [9.17, 15) is 0 Å². The van der Waals surface area contributed by atoms with Gasteiger partial charge in [0.2, 0.25) is 5.95 Å². The third kappa shape index (κ3) is 2.49. The highest BCUT2D eigenvalue weighted by atomic mass is 15.2. The minimum absolute atomic E-state index is 0.695. The minimum atomic E-state index is 0.695. The highest BCUT2D eigenvalue weighted by Gasteiger charge is 2.17. The van der Waals surface area contributed by atoms with Gasteiger partial charge >= 0.3 is 0 Å². The van der Waals surface area contributed by atoms with Crippen molar-refractivity contribution >= 4 is 5.95 Å². The van der Waals surface area contributed by atoms with E-state index in [-0.39, 0.29) is 0 Å². The number of nitrogens with one attached hydrogen (secondary N) is 1. The normalized spacial score (nSPS) is 15.9. The SMILES string of the molecule is CCc1nnc(NCC2CCC2)nc1CC. The van der Waals surface area contributed by atoms with Crippen LogP contribution in [-0.4, -0.2) is 21.7 Å². The molecule has 1 aromatic rings. The standard InChI is InChI=1S/C12H20N4/c1-3-10-11(4-2)15-16-12(14-10)13-8-9-6-5-7-9/h9H,3-8H2,1-2H3,(H,13,14,16). The topological polar surface area (TPSA) is 50.7 Å². The number of anilines is 1. The van der Waals surface area contributed by atoms with Crippen LogP contribution in [0.3, 0.4) is 0 Å². The summed E-state index contributed by atoms with van der Waals surface area (Å²) in [7, 11) is 0. The quantitative estimate of drug-likeness (QED) is 0.826. The molecule has 1 aliphatic rings. The molecule has 16 heavy (non-hydrogen) atoms. The molecule has 0 aliphatic heterocycles. The van der Waals surface area contributed by atoms with E-state index in [1.54, 1.807) is 0 Å². The van der Waals surface area contributed by atoms with Gasteiger partial charge in [0, 0.05) is 6.54 Å². The zero-order chi connectivity index (χ0) is 11.4. The predicted molar refractivity (Wildman–Crippen MR) is 64.4 cm³/mol. The number of hydrogen-bond acceptors (Lipinski definition) is 4. The molecule has 0 radical (unpaired) electrons. The summed E-state index contributed by atoms with van der Waals surface area (Å²) in [6.07, 6.45) is 5.89. The Morgan fingerprint density at radius 3 is 2.44 bits per heavy atom. The first kappa shape index (κ1) is 11.3. The molecule has 2 rings (SSSR count). The molecule has 4 heteroatoms. The first-order chi connectivity index (χ1) is 7.83. The molecule has 1 aliphatic carbocycles. The van der Waals surface area contributed by atoms with E-state index in [1.807, 2.05) is 0 Å². The van der Waals surface area contributed by atoms with Crippen LogP contribution < -0.4 is 5.32 Å². The van der Waals surface area contributed by atoms with E-state index in [0.29, 0.717) is 5.95 Å². The molecule has 1 heterocycles. The molecule has 0 saturated heterocycles. The number of rotatable bonds is 5. The number of aryl methyl sites for hydroxylation is 2. The third-order valence-electron chi connectivity index (χ3n) is 3.28. The smallest absolute Gasteiger partial charge is 0.242 e. The maximum absolute atomic E-state index is 4.51. The second-order valence-corrected chi connectivity index (χ2v) is 4.41. The van der Waals surface area contributed by atoms with Crippen molar-refractivity contribution in [2.24, 2.45) is 5.92 Å². The van der Waals surface area contributed by atoms with Crippen LogP contribution in [-0.2, 0) is 12.8 Å². The van der Waals surface area contributed by atoms with E-state index in [1.165, 1.54) is 19.3 Å². The Balaban J connectivity index is 1.97. The van der Waals surface area contributed by atoms with Gasteiger partial charge in [-0.05, 0) is 31.6 Å². The molecule has 0 unspecified atom stereocenters. The molecule has 0 bridgehead atoms. The molecule has 88 valence electrons. The van der Waals surface area contributed by atoms with Gasteiger partial charge in [0.15, 0.2) is 0 Å². The molecular formula is C12H20N4. The van der Waals surface area contributed by atoms with E-state index in [2.05, 4.69) is 34.3 Å². The Bertz CT molecular complexity index is 347. The minimum Gasteiger partial charge on any atom is -0.353 e. The molecular weight excluding hydrogens is 200 g/mol. The lowest BCUT2D eigenvalue weighted by Crippen LogP contribution is -2.22. The van der Waals surface area contributed by atoms with E-state index >= 15 is 0 Å². The van der Waals surface area contributed by atoms with Crippen LogP contribution in [0.1, 0.15) is 44.5 Å². The lowest BCUT2D eigenvalue weighted by atomic mass is 9.85. The largest absolute Gasteiger partial charge is 0.353 e. The van der Waals surface area contributed by atoms with Crippen LogP contribution in [0.2, 0.25) is 0 Å². The second kappa shape index (κ2) is 5.23. The van der Waals surface area contributed by atoms with Gasteiger partial charge in [-0.2, -0.15) is 5.10 Å². The molecule has 0 atom stereocenters. The van der Waals surface area contributed by atoms with Crippen molar-refractivity contribution in [3.05, 3.63) is 11.4 Å². The number of nitrogens with zero attached hydrogens (tertiary/aromatic N) is 3. The van der Waals surface area contributed by atoms with Gasteiger partial charge in [-0.15, -0.1) is 5.10 Å². The van der Waals surface area contributed by atoms with Crippen molar-refractivity contribution in [3.63, 3.8) is 0 Å². The number of hydrogen-bond donors (Lipinski definition) is 1. The highest BCUT2D eigenvalue weighted by Crippen LogP contribution is 2.25. The van der Waals surface area contributed by atoms with E-state index in [0.717, 1.165) is 36.7 Å². The van der Waals surface area contributed by atoms with Crippen LogP contribution in [0, 0.1) is 5.92 Å². The van der Waals surface area contributed by atoms with Crippen molar-refractivity contribution in [2.75, 3.05) is 11.9 Å². The fraction of sp³-hybridized carbons (Fsp3) is 0.750. The van der Waals surface area contributed by atoms with Crippen molar-refractivity contribution < 1.29 is 0 Å². The third-order valence-corrected chi connectivity index (χ3v) is 3.28. The Morgan fingerprint density at radius 2 is 1.88 bits per heavy atom. The van der Waals surface area contributed by atoms with Gasteiger partial charge in [0.1, 0.15) is 0 Å². The molecule has 4 nitrogen and oxygen atoms in total. The van der Waals surface area contributed by atoms with Gasteiger partial charge in [0.05, 0.1) is 11.4 Å². The summed E-state index contributed by atoms with van der Waals surface area (Å²) in [5.74, 6) is 1.51. The van der Waals surface area contributed by atoms with Gasteiger partial charge in [-0.25, -0.2) is 4.98 Å². The van der Waals surface area contributed by atoms with Crippen LogP contribution in [0.4, 0.5) is 5.95 Å². The first-order valence-corrected chi connectivity index (χ1v) is 6.29. The average Bonchev–Trinajstić information content (AvgIpc) is 2.26. The lowest BCUT2D eigenvalue weighted by molar-refractivity contribution is 0.333. The monoisotopic (exact) mass is 220 g/mol. The fourth-order valence-corrected chi connectivity index (χ4v) is 1.95. The van der Waals surface area contributed by atoms with E-state index in [4.69, 9.17) is 0 Å². The Labute approximate surface area is 96.9 Å². The van der Waals surface area contributed by atoms with Crippen molar-refractivity contribution in [3.8, 4) is 0 Å². The zero-order valence-corrected chi connectivity index (χ0v) is 10.2. The Morgan fingerprint density at radius 1 is 1.12 bits per heavy atom. The van der Waals surface area contributed by atoms with Crippen molar-refractivity contribution in [1.29, 1.82) is 0 Å². The fourth-order valence-electron chi connectivity index (χ4n) is 1.95. The molecule has 1 fully saturated rings. The maximum atomic E-state index is 4.51. The van der Waals surface area contributed by atoms with Crippen molar-refractivity contribution in [2.45, 2.75) is 46.0 Å². The van der Waals surface area contributed by atoms with Crippen molar-refractivity contribution in [1.82, 2.24) is 15.2 Å². The van der Waals surface area contributed by atoms with Crippen LogP contribution in [0.5, 0.6) is 0 Å². The maximum Gasteiger partial charge on any atom is 0.242 e. The second-order valence-electron chi connectivity index (χ2n) is 4.41. The van der Waals surface area contributed by atoms with Crippen LogP contribution in [0.15, 0.2) is 0 Å². The highest BCUT2D eigenvalue weighted by molar-refractivity contribution is 5.25. The molecule has 0 amide bonds. The molecule has 0 spiro atoms. The summed E-state index contributed by atoms with van der Waals surface area (Å²) in [6, 6.07) is 0. The summed E-state index contributed by atoms with van der Waals surface area (Å²) in [4.78, 5) is 4.51. The van der Waals surface area contributed by atoms with E-state index < -0.39 is 0 Å². The molecule has 0 aromatic carbocycles. The van der Waals surface area contributed by atoms with Crippen LogP contribution >= 0.6 is 0 Å². The van der Waals surface area contributed by atoms with Gasteiger partial charge in [-0.1, -0.05) is 20.3 Å². The molecule has 1 N–H and O–H groups in total. The van der Waals surface area contributed by atoms with Crippen LogP contribution in [0.25, 0.3) is 0 Å². The summed E-state index contributed by atoms with van der Waals surface area (Å²) in [6.45, 7) is 5.20. The van der Waals surface area contributed by atoms with Gasteiger partial charge in [0.25, 0.3) is 0 Å². The lowest BCUT2D eigenvalue weighted by Gasteiger charge is -2.25. The Kier molecular flexibility index (Phi) is 3.70. The zero-order valence-electron chi connectivity index (χ0n) is 10.2. The molecule has 1 aromatic heterocycles. The van der Waals surface area contributed by atoms with Gasteiger partial charge < -0.3 is 5.32 Å².